The van der Waals surface area contributed by atoms with Crippen molar-refractivity contribution in [1.29, 1.82) is 0 Å². The summed E-state index contributed by atoms with van der Waals surface area (Å²) in [5.74, 6) is 0. The van der Waals surface area contributed by atoms with Crippen LogP contribution in [-0.2, 0) is 0 Å². The molecule has 2 aromatic heterocycles. The van der Waals surface area contributed by atoms with Gasteiger partial charge in [-0.25, -0.2) is 9.17 Å². The molecule has 4 nitrogen and oxygen atoms in total. The Kier molecular flexibility index (Phi) is 1.94. The molecule has 0 amide bonds. The van der Waals surface area contributed by atoms with E-state index in [9.17, 15) is 4.79 Å². The fraction of sp³-hybridized carbons (Fsp3) is 0.125. The Hall–Kier alpha value is -1.49. The van der Waals surface area contributed by atoms with Gasteiger partial charge in [0.25, 0.3) is 0 Å². The lowest BCUT2D eigenvalue weighted by molar-refractivity contribution is 1.03. The van der Waals surface area contributed by atoms with E-state index in [1.165, 1.54) is 11.5 Å². The average Bonchev–Trinajstić information content (AvgIpc) is 2.53. The summed E-state index contributed by atoms with van der Waals surface area (Å²) >= 11 is 1.33. The second-order valence-electron chi connectivity index (χ2n) is 2.63. The second kappa shape index (κ2) is 3.10. The molecule has 1 N–H and O–H groups in total. The van der Waals surface area contributed by atoms with Crippen molar-refractivity contribution in [2.45, 2.75) is 6.92 Å². The fourth-order valence-corrected chi connectivity index (χ4v) is 1.61. The van der Waals surface area contributed by atoms with E-state index >= 15 is 0 Å². The molecule has 0 bridgehead atoms. The zero-order valence-corrected chi connectivity index (χ0v) is 7.76. The summed E-state index contributed by atoms with van der Waals surface area (Å²) in [5.41, 5.74) is 1.18. The Morgan fingerprint density at radius 2 is 2.38 bits per heavy atom. The first-order chi connectivity index (χ1) is 6.25. The number of hydrogen-bond acceptors (Lipinski definition) is 4. The van der Waals surface area contributed by atoms with Crippen molar-refractivity contribution in [3.63, 3.8) is 0 Å². The highest BCUT2D eigenvalue weighted by Crippen LogP contribution is 2.18. The molecule has 2 heterocycles. The van der Waals surface area contributed by atoms with Crippen LogP contribution in [0.5, 0.6) is 0 Å². The lowest BCUT2D eigenvalue weighted by atomic mass is 10.3. The number of aromatic amines is 1. The van der Waals surface area contributed by atoms with Crippen LogP contribution in [0, 0.1) is 6.92 Å². The van der Waals surface area contributed by atoms with Crippen LogP contribution < -0.4 is 5.69 Å². The summed E-state index contributed by atoms with van der Waals surface area (Å²) in [6, 6.07) is 3.67. The van der Waals surface area contributed by atoms with Crippen molar-refractivity contribution in [3.8, 4) is 10.6 Å². The maximum atomic E-state index is 11.0. The normalized spacial score (nSPS) is 10.2. The molecular formula is C8H7N3OS. The van der Waals surface area contributed by atoms with Gasteiger partial charge < -0.3 is 4.98 Å². The van der Waals surface area contributed by atoms with Crippen LogP contribution in [0.2, 0.25) is 0 Å². The Labute approximate surface area is 78.5 Å². The lowest BCUT2D eigenvalue weighted by Gasteiger charge is -1.95. The minimum absolute atomic E-state index is 0.316. The molecule has 5 heteroatoms. The Morgan fingerprint density at radius 1 is 1.54 bits per heavy atom. The minimum Gasteiger partial charge on any atom is -0.310 e. The van der Waals surface area contributed by atoms with Gasteiger partial charge in [0.2, 0.25) is 0 Å². The lowest BCUT2D eigenvalue weighted by Crippen LogP contribution is -2.11. The van der Waals surface area contributed by atoms with Gasteiger partial charge in [0.15, 0.2) is 0 Å². The number of aromatic nitrogens is 3. The van der Waals surface area contributed by atoms with Crippen LogP contribution in [0.1, 0.15) is 5.69 Å². The number of aryl methyl sites for hydroxylation is 1. The largest absolute Gasteiger partial charge is 0.345 e. The molecule has 0 radical (unpaired) electrons. The number of nitrogens with zero attached hydrogens (tertiary/aromatic N) is 2. The van der Waals surface area contributed by atoms with Crippen LogP contribution in [0.25, 0.3) is 10.6 Å². The predicted molar refractivity (Wildman–Crippen MR) is 50.7 cm³/mol. The molecule has 13 heavy (non-hydrogen) atoms. The highest BCUT2D eigenvalue weighted by molar-refractivity contribution is 7.09. The minimum atomic E-state index is -0.316. The first kappa shape index (κ1) is 8.12. The standard InChI is InChI=1S/C8H7N3OS/c1-5-4-6(11-8(12)10-5)7-2-3-9-13-7/h2-4H,1H3,(H,10,11,12). The van der Waals surface area contributed by atoms with Crippen molar-refractivity contribution in [3.05, 3.63) is 34.5 Å². The summed E-state index contributed by atoms with van der Waals surface area (Å²) in [4.78, 5) is 18.4. The van der Waals surface area contributed by atoms with E-state index in [4.69, 9.17) is 0 Å². The SMILES string of the molecule is Cc1cc(-c2ccns2)nc(=O)[nH]1. The molecular weight excluding hydrogens is 186 g/mol. The smallest absolute Gasteiger partial charge is 0.310 e. The van der Waals surface area contributed by atoms with E-state index in [0.29, 0.717) is 5.69 Å². The Bertz CT molecular complexity index is 460. The zero-order valence-electron chi connectivity index (χ0n) is 6.94. The molecule has 0 unspecified atom stereocenters. The van der Waals surface area contributed by atoms with E-state index in [2.05, 4.69) is 14.3 Å². The van der Waals surface area contributed by atoms with E-state index in [-0.39, 0.29) is 5.69 Å². The molecule has 66 valence electrons. The summed E-state index contributed by atoms with van der Waals surface area (Å²) in [7, 11) is 0. The van der Waals surface area contributed by atoms with Gasteiger partial charge >= 0.3 is 5.69 Å². The van der Waals surface area contributed by atoms with Crippen molar-refractivity contribution in [2.75, 3.05) is 0 Å². The van der Waals surface area contributed by atoms with Gasteiger partial charge in [-0.3, -0.25) is 0 Å². The molecule has 0 fully saturated rings. The molecule has 0 aliphatic carbocycles. The number of hydrogen-bond donors (Lipinski definition) is 1. The molecule has 0 atom stereocenters. The summed E-state index contributed by atoms with van der Waals surface area (Å²) in [6.07, 6.45) is 1.69. The second-order valence-corrected chi connectivity index (χ2v) is 3.46. The Balaban J connectivity index is 2.59. The fourth-order valence-electron chi connectivity index (χ4n) is 1.05. The average molecular weight is 193 g/mol. The number of nitrogens with one attached hydrogen (secondary N) is 1. The summed E-state index contributed by atoms with van der Waals surface area (Å²) in [5, 5.41) is 0. The van der Waals surface area contributed by atoms with Gasteiger partial charge in [-0.2, -0.15) is 4.98 Å². The zero-order chi connectivity index (χ0) is 9.26. The van der Waals surface area contributed by atoms with E-state index in [1.54, 1.807) is 6.20 Å². The molecule has 0 saturated heterocycles. The van der Waals surface area contributed by atoms with Crippen molar-refractivity contribution in [1.82, 2.24) is 14.3 Å². The maximum absolute atomic E-state index is 11.0. The van der Waals surface area contributed by atoms with Crippen molar-refractivity contribution < 1.29 is 0 Å². The van der Waals surface area contributed by atoms with Crippen LogP contribution in [0.15, 0.2) is 23.1 Å². The van der Waals surface area contributed by atoms with E-state index < -0.39 is 0 Å². The van der Waals surface area contributed by atoms with Crippen LogP contribution in [0.4, 0.5) is 0 Å². The first-order valence-corrected chi connectivity index (χ1v) is 4.52. The van der Waals surface area contributed by atoms with Gasteiger partial charge in [0, 0.05) is 11.9 Å². The summed E-state index contributed by atoms with van der Waals surface area (Å²) in [6.45, 7) is 1.83. The molecule has 0 aliphatic rings. The molecule has 2 aromatic rings. The van der Waals surface area contributed by atoms with Crippen molar-refractivity contribution >= 4 is 11.5 Å². The summed E-state index contributed by atoms with van der Waals surface area (Å²) < 4.78 is 3.95. The van der Waals surface area contributed by atoms with Gasteiger partial charge in [0.1, 0.15) is 0 Å². The molecule has 0 aromatic carbocycles. The first-order valence-electron chi connectivity index (χ1n) is 3.75. The number of H-pyrrole nitrogens is 1. The molecule has 0 saturated carbocycles. The molecule has 2 rings (SSSR count). The van der Waals surface area contributed by atoms with Crippen LogP contribution in [0.3, 0.4) is 0 Å². The van der Waals surface area contributed by atoms with E-state index in [1.807, 2.05) is 19.1 Å². The topological polar surface area (TPSA) is 58.6 Å². The van der Waals surface area contributed by atoms with E-state index in [0.717, 1.165) is 10.6 Å². The van der Waals surface area contributed by atoms with Crippen LogP contribution >= 0.6 is 11.5 Å². The van der Waals surface area contributed by atoms with Gasteiger partial charge in [0.05, 0.1) is 10.6 Å². The number of rotatable bonds is 1. The van der Waals surface area contributed by atoms with Gasteiger partial charge in [-0.05, 0) is 30.6 Å². The monoisotopic (exact) mass is 193 g/mol. The predicted octanol–water partition coefficient (Wildman–Crippen LogP) is 1.20. The molecule has 0 spiro atoms. The maximum Gasteiger partial charge on any atom is 0.345 e. The third-order valence-corrected chi connectivity index (χ3v) is 2.34. The van der Waals surface area contributed by atoms with Crippen molar-refractivity contribution in [2.24, 2.45) is 0 Å². The van der Waals surface area contributed by atoms with Gasteiger partial charge in [-0.1, -0.05) is 0 Å². The third kappa shape index (κ3) is 1.65. The van der Waals surface area contributed by atoms with Crippen LogP contribution in [-0.4, -0.2) is 14.3 Å². The highest BCUT2D eigenvalue weighted by atomic mass is 32.1. The highest BCUT2D eigenvalue weighted by Gasteiger charge is 2.02. The molecule has 0 aliphatic heterocycles. The third-order valence-electron chi connectivity index (χ3n) is 1.57. The quantitative estimate of drug-likeness (QED) is 0.740. The Morgan fingerprint density at radius 3 is 3.00 bits per heavy atom. The van der Waals surface area contributed by atoms with Gasteiger partial charge in [-0.15, -0.1) is 0 Å².